The van der Waals surface area contributed by atoms with Crippen LogP contribution in [0, 0.1) is 0 Å². The zero-order valence-electron chi connectivity index (χ0n) is 15.4. The highest BCUT2D eigenvalue weighted by atomic mass is 32.2. The van der Waals surface area contributed by atoms with E-state index in [-0.39, 0.29) is 12.0 Å². The molecule has 6 heteroatoms. The Morgan fingerprint density at radius 3 is 2.60 bits per heavy atom. The average molecular weight is 365 g/mol. The van der Waals surface area contributed by atoms with Crippen LogP contribution in [0.4, 0.5) is 0 Å². The van der Waals surface area contributed by atoms with Crippen LogP contribution >= 0.6 is 0 Å². The molecule has 0 amide bonds. The Hall–Kier alpha value is -1.34. The van der Waals surface area contributed by atoms with Crippen molar-refractivity contribution < 1.29 is 18.8 Å². The highest BCUT2D eigenvalue weighted by Gasteiger charge is 2.44. The van der Waals surface area contributed by atoms with Crippen LogP contribution in [0.15, 0.2) is 42.0 Å². The minimum Gasteiger partial charge on any atom is -0.597 e. The number of carbonyl (C=O) groups is 1. The van der Waals surface area contributed by atoms with E-state index in [0.717, 1.165) is 5.56 Å². The maximum absolute atomic E-state index is 12.8. The van der Waals surface area contributed by atoms with Crippen molar-refractivity contribution in [2.75, 3.05) is 19.8 Å². The third-order valence-electron chi connectivity index (χ3n) is 3.83. The minimum atomic E-state index is -1.24. The van der Waals surface area contributed by atoms with Crippen molar-refractivity contribution in [2.45, 2.75) is 45.1 Å². The van der Waals surface area contributed by atoms with Gasteiger partial charge in [0.05, 0.1) is 31.9 Å². The Morgan fingerprint density at radius 1 is 1.32 bits per heavy atom. The van der Waals surface area contributed by atoms with Crippen LogP contribution in [0.5, 0.6) is 0 Å². The van der Waals surface area contributed by atoms with E-state index in [9.17, 15) is 9.35 Å². The Labute approximate surface area is 153 Å². The highest BCUT2D eigenvalue weighted by Crippen LogP contribution is 2.30. The van der Waals surface area contributed by atoms with Crippen molar-refractivity contribution in [3.05, 3.63) is 47.5 Å². The molecule has 0 saturated heterocycles. The minimum absolute atomic E-state index is 0.293. The largest absolute Gasteiger partial charge is 0.597 e. The third kappa shape index (κ3) is 5.31. The van der Waals surface area contributed by atoms with E-state index in [0.29, 0.717) is 31.9 Å². The number of nitrogens with zero attached hydrogens (tertiary/aromatic N) is 1. The van der Waals surface area contributed by atoms with E-state index in [4.69, 9.17) is 9.47 Å². The lowest BCUT2D eigenvalue weighted by Crippen LogP contribution is -2.48. The fourth-order valence-electron chi connectivity index (χ4n) is 2.61. The first-order valence-corrected chi connectivity index (χ1v) is 9.62. The summed E-state index contributed by atoms with van der Waals surface area (Å²) >= 11 is -1.24. The second-order valence-corrected chi connectivity index (χ2v) is 9.05. The predicted octanol–water partition coefficient (Wildman–Crippen LogP) is 2.84. The molecule has 0 saturated carbocycles. The van der Waals surface area contributed by atoms with Crippen molar-refractivity contribution in [1.82, 2.24) is 4.31 Å². The summed E-state index contributed by atoms with van der Waals surface area (Å²) in [4.78, 5) is 12.2. The molecule has 2 atom stereocenters. The summed E-state index contributed by atoms with van der Waals surface area (Å²) in [5, 5.41) is 0. The number of carbonyl (C=O) groups excluding carboxylic acids is 1. The summed E-state index contributed by atoms with van der Waals surface area (Å²) in [5.41, 5.74) is 1.60. The molecule has 138 valence electrons. The lowest BCUT2D eigenvalue weighted by atomic mass is 10.1. The number of hydrogen-bond donors (Lipinski definition) is 0. The van der Waals surface area contributed by atoms with Gasteiger partial charge in [0.15, 0.2) is 0 Å². The summed E-state index contributed by atoms with van der Waals surface area (Å²) in [6.45, 7) is 9.06. The number of esters is 1. The number of benzene rings is 1. The number of rotatable bonds is 7. The van der Waals surface area contributed by atoms with Crippen molar-refractivity contribution in [3.63, 3.8) is 0 Å². The van der Waals surface area contributed by atoms with Crippen molar-refractivity contribution >= 4 is 17.3 Å². The van der Waals surface area contributed by atoms with Gasteiger partial charge < -0.3 is 14.0 Å². The van der Waals surface area contributed by atoms with E-state index in [1.54, 1.807) is 13.0 Å². The SMILES string of the molecule is CCOC(=O)C1=CCN([S+]([O-])C(C)(C)C)[C@H]1COCc1ccccc1. The quantitative estimate of drug-likeness (QED) is 0.549. The molecule has 0 spiro atoms. The van der Waals surface area contributed by atoms with E-state index >= 15 is 0 Å². The van der Waals surface area contributed by atoms with Gasteiger partial charge in [0.2, 0.25) is 0 Å². The molecule has 1 unspecified atom stereocenters. The molecular formula is C19H27NO4S. The molecule has 5 nitrogen and oxygen atoms in total. The molecule has 0 radical (unpaired) electrons. The van der Waals surface area contributed by atoms with Gasteiger partial charge in [0.1, 0.15) is 10.8 Å². The lowest BCUT2D eigenvalue weighted by molar-refractivity contribution is -0.139. The normalized spacial score (nSPS) is 19.6. The first kappa shape index (κ1) is 20.0. The topological polar surface area (TPSA) is 61.8 Å². The third-order valence-corrected chi connectivity index (χ3v) is 5.71. The fraction of sp³-hybridized carbons (Fsp3) is 0.526. The molecule has 1 aliphatic rings. The molecule has 1 aromatic carbocycles. The average Bonchev–Trinajstić information content (AvgIpc) is 2.98. The zero-order chi connectivity index (χ0) is 18.4. The van der Waals surface area contributed by atoms with Gasteiger partial charge in [-0.05, 0) is 33.3 Å². The molecule has 1 aliphatic heterocycles. The molecule has 1 heterocycles. The lowest BCUT2D eigenvalue weighted by Gasteiger charge is -2.34. The molecule has 1 aromatic rings. The molecular weight excluding hydrogens is 338 g/mol. The molecule has 0 fully saturated rings. The molecule has 0 N–H and O–H groups in total. The van der Waals surface area contributed by atoms with Gasteiger partial charge in [-0.2, -0.15) is 0 Å². The smallest absolute Gasteiger partial charge is 0.335 e. The molecule has 0 aliphatic carbocycles. The van der Waals surface area contributed by atoms with Gasteiger partial charge in [-0.1, -0.05) is 36.4 Å². The second kappa shape index (κ2) is 8.85. The van der Waals surface area contributed by atoms with Gasteiger partial charge >= 0.3 is 5.97 Å². The Kier molecular flexibility index (Phi) is 7.07. The Balaban J connectivity index is 2.07. The van der Waals surface area contributed by atoms with Gasteiger partial charge in [-0.25, -0.2) is 4.79 Å². The van der Waals surface area contributed by atoms with Crippen LogP contribution in [0.3, 0.4) is 0 Å². The highest BCUT2D eigenvalue weighted by molar-refractivity contribution is 7.90. The van der Waals surface area contributed by atoms with Crippen LogP contribution < -0.4 is 0 Å². The summed E-state index contributed by atoms with van der Waals surface area (Å²) in [5.74, 6) is -0.357. The first-order chi connectivity index (χ1) is 11.8. The molecule has 2 rings (SSSR count). The Morgan fingerprint density at radius 2 is 2.00 bits per heavy atom. The maximum atomic E-state index is 12.8. The zero-order valence-corrected chi connectivity index (χ0v) is 16.2. The van der Waals surface area contributed by atoms with Gasteiger partial charge in [0, 0.05) is 11.4 Å². The summed E-state index contributed by atoms with van der Waals surface area (Å²) in [7, 11) is 0. The Bertz CT molecular complexity index is 597. The van der Waals surface area contributed by atoms with Crippen LogP contribution in [-0.4, -0.2) is 45.4 Å². The van der Waals surface area contributed by atoms with E-state index < -0.39 is 16.1 Å². The summed E-state index contributed by atoms with van der Waals surface area (Å²) < 4.78 is 25.2. The van der Waals surface area contributed by atoms with Crippen LogP contribution in [0.25, 0.3) is 0 Å². The van der Waals surface area contributed by atoms with Gasteiger partial charge in [-0.15, -0.1) is 4.31 Å². The van der Waals surface area contributed by atoms with E-state index in [2.05, 4.69) is 0 Å². The van der Waals surface area contributed by atoms with E-state index in [1.807, 2.05) is 55.4 Å². The molecule has 0 bridgehead atoms. The van der Waals surface area contributed by atoms with Gasteiger partial charge in [0.25, 0.3) is 0 Å². The first-order valence-electron chi connectivity index (χ1n) is 8.52. The predicted molar refractivity (Wildman–Crippen MR) is 99.2 cm³/mol. The number of hydrogen-bond acceptors (Lipinski definition) is 5. The standard InChI is InChI=1S/C19H27NO4S/c1-5-24-18(21)16-11-12-20(25(22)19(2,3)4)17(16)14-23-13-15-9-7-6-8-10-15/h6-11,17H,5,12-14H2,1-4H3/t17-,25?/m0/s1. The summed E-state index contributed by atoms with van der Waals surface area (Å²) in [6.07, 6.45) is 1.80. The second-order valence-electron chi connectivity index (χ2n) is 6.86. The number of ether oxygens (including phenoxy) is 2. The fourth-order valence-corrected chi connectivity index (χ4v) is 3.93. The van der Waals surface area contributed by atoms with Crippen LogP contribution in [0.1, 0.15) is 33.3 Å². The van der Waals surface area contributed by atoms with E-state index in [1.165, 1.54) is 0 Å². The summed E-state index contributed by atoms with van der Waals surface area (Å²) in [6, 6.07) is 9.49. The van der Waals surface area contributed by atoms with Crippen molar-refractivity contribution in [2.24, 2.45) is 0 Å². The van der Waals surface area contributed by atoms with Gasteiger partial charge in [-0.3, -0.25) is 0 Å². The molecule has 25 heavy (non-hydrogen) atoms. The monoisotopic (exact) mass is 365 g/mol. The molecule has 0 aromatic heterocycles. The maximum Gasteiger partial charge on any atom is 0.335 e. The van der Waals surface area contributed by atoms with Crippen LogP contribution in [-0.2, 0) is 32.2 Å². The van der Waals surface area contributed by atoms with Crippen molar-refractivity contribution in [1.29, 1.82) is 0 Å². The van der Waals surface area contributed by atoms with Crippen molar-refractivity contribution in [3.8, 4) is 0 Å². The van der Waals surface area contributed by atoms with Crippen LogP contribution in [0.2, 0.25) is 0 Å².